The van der Waals surface area contributed by atoms with Crippen molar-refractivity contribution in [1.82, 2.24) is 20.0 Å². The molecule has 9 nitrogen and oxygen atoms in total. The van der Waals surface area contributed by atoms with E-state index in [-0.39, 0.29) is 13.1 Å². The fourth-order valence-corrected chi connectivity index (χ4v) is 5.62. The van der Waals surface area contributed by atoms with Crippen molar-refractivity contribution >= 4 is 27.2 Å². The second-order valence-electron chi connectivity index (χ2n) is 10.2. The predicted octanol–water partition coefficient (Wildman–Crippen LogP) is 3.54. The molecule has 1 N–H and O–H groups in total. The highest BCUT2D eigenvalue weighted by molar-refractivity contribution is 7.92. The molecule has 0 bridgehead atoms. The Kier molecular flexibility index (Phi) is 5.22. The summed E-state index contributed by atoms with van der Waals surface area (Å²) in [5.74, 6) is -2.20. The number of nitrogens with one attached hydrogen (secondary N) is 1. The van der Waals surface area contributed by atoms with Gasteiger partial charge in [0.2, 0.25) is 10.0 Å². The number of piperidine rings is 1. The molecule has 0 radical (unpaired) electrons. The quantitative estimate of drug-likeness (QED) is 0.537. The minimum Gasteiger partial charge on any atom is -0.370 e. The first-order chi connectivity index (χ1) is 17.1. The number of sulfonamides is 1. The molecule has 4 heterocycles. The number of benzene rings is 1. The second-order valence-corrected chi connectivity index (χ2v) is 12.0. The number of alkyl halides is 2. The van der Waals surface area contributed by atoms with Crippen molar-refractivity contribution in [3.05, 3.63) is 42.6 Å². The van der Waals surface area contributed by atoms with Crippen LogP contribution in [0, 0.1) is 5.41 Å². The number of aromatic nitrogens is 4. The van der Waals surface area contributed by atoms with Crippen molar-refractivity contribution in [1.29, 1.82) is 0 Å². The SMILES string of the molecule is CS(=O)(=O)Nc1ccc(-n2cc(-c3cccc(N4CC(F)(F)C4)n3)nn2)c(N2CCC3(CC2)CC3)c1. The number of pyridine rings is 1. The molecule has 1 saturated carbocycles. The monoisotopic (exact) mass is 515 g/mol. The third kappa shape index (κ3) is 4.61. The zero-order valence-electron chi connectivity index (χ0n) is 19.9. The Morgan fingerprint density at radius 2 is 1.69 bits per heavy atom. The first-order valence-electron chi connectivity index (χ1n) is 12.0. The van der Waals surface area contributed by atoms with E-state index >= 15 is 0 Å². The van der Waals surface area contributed by atoms with Crippen LogP contribution < -0.4 is 14.5 Å². The number of halogens is 2. The summed E-state index contributed by atoms with van der Waals surface area (Å²) in [6.45, 7) is 1.09. The van der Waals surface area contributed by atoms with E-state index in [0.717, 1.165) is 43.6 Å². The highest BCUT2D eigenvalue weighted by Gasteiger charge is 2.45. The van der Waals surface area contributed by atoms with E-state index in [9.17, 15) is 17.2 Å². The number of hydrogen-bond acceptors (Lipinski definition) is 7. The molecule has 0 atom stereocenters. The third-order valence-corrected chi connectivity index (χ3v) is 7.91. The number of rotatable bonds is 6. The van der Waals surface area contributed by atoms with E-state index in [0.29, 0.717) is 28.3 Å². The molecule has 2 aliphatic heterocycles. The van der Waals surface area contributed by atoms with Gasteiger partial charge < -0.3 is 9.80 Å². The maximum atomic E-state index is 13.3. The summed E-state index contributed by atoms with van der Waals surface area (Å²) >= 11 is 0. The number of anilines is 3. The van der Waals surface area contributed by atoms with Crippen LogP contribution in [0.4, 0.5) is 26.0 Å². The molecule has 0 unspecified atom stereocenters. The van der Waals surface area contributed by atoms with Crippen LogP contribution >= 0.6 is 0 Å². The van der Waals surface area contributed by atoms with Gasteiger partial charge in [0.1, 0.15) is 11.5 Å². The molecular weight excluding hydrogens is 488 g/mol. The Balaban J connectivity index is 1.31. The van der Waals surface area contributed by atoms with Crippen molar-refractivity contribution in [2.45, 2.75) is 31.6 Å². The lowest BCUT2D eigenvalue weighted by Crippen LogP contribution is -2.56. The van der Waals surface area contributed by atoms with E-state index in [4.69, 9.17) is 0 Å². The number of hydrogen-bond donors (Lipinski definition) is 1. The lowest BCUT2D eigenvalue weighted by Gasteiger charge is -2.39. The molecular formula is C24H27F2N7O2S. The van der Waals surface area contributed by atoms with Crippen molar-refractivity contribution in [2.75, 3.05) is 47.0 Å². The first-order valence-corrected chi connectivity index (χ1v) is 13.9. The van der Waals surface area contributed by atoms with Crippen molar-refractivity contribution in [2.24, 2.45) is 5.41 Å². The van der Waals surface area contributed by atoms with Gasteiger partial charge in [-0.25, -0.2) is 26.9 Å². The number of nitrogens with zero attached hydrogens (tertiary/aromatic N) is 6. The molecule has 0 amide bonds. The summed E-state index contributed by atoms with van der Waals surface area (Å²) in [6, 6.07) is 10.6. The highest BCUT2D eigenvalue weighted by atomic mass is 32.2. The first kappa shape index (κ1) is 23.1. The van der Waals surface area contributed by atoms with Crippen LogP contribution in [0.1, 0.15) is 25.7 Å². The van der Waals surface area contributed by atoms with Gasteiger partial charge in [-0.1, -0.05) is 11.3 Å². The molecule has 1 spiro atoms. The largest absolute Gasteiger partial charge is 0.370 e. The van der Waals surface area contributed by atoms with Gasteiger partial charge in [-0.2, -0.15) is 0 Å². The fraction of sp³-hybridized carbons (Fsp3) is 0.458. The van der Waals surface area contributed by atoms with E-state index in [1.54, 1.807) is 35.1 Å². The van der Waals surface area contributed by atoms with Crippen LogP contribution in [0.15, 0.2) is 42.6 Å². The average molecular weight is 516 g/mol. The van der Waals surface area contributed by atoms with E-state index < -0.39 is 15.9 Å². The normalized spacial score (nSPS) is 20.3. The Hall–Kier alpha value is -3.28. The minimum atomic E-state index is -3.42. The molecule has 6 rings (SSSR count). The topological polar surface area (TPSA) is 96.2 Å². The van der Waals surface area contributed by atoms with Gasteiger partial charge in [0.15, 0.2) is 0 Å². The Labute approximate surface area is 208 Å². The summed E-state index contributed by atoms with van der Waals surface area (Å²) in [6.07, 6.45) is 7.69. The van der Waals surface area contributed by atoms with Crippen molar-refractivity contribution in [3.8, 4) is 17.1 Å². The van der Waals surface area contributed by atoms with E-state index in [1.165, 1.54) is 17.7 Å². The summed E-state index contributed by atoms with van der Waals surface area (Å²) < 4.78 is 54.5. The molecule has 1 aromatic carbocycles. The molecule has 1 aliphatic carbocycles. The standard InChI is InChI=1S/C24H27F2N7O2S/c1-36(34,35)29-17-5-6-20(21(13-17)31-11-9-23(7-8-23)10-12-31)33-14-19(28-30-33)18-3-2-4-22(27-18)32-15-24(25,26)16-32/h2-6,13-14,29H,7-12,15-16H2,1H3. The predicted molar refractivity (Wildman–Crippen MR) is 133 cm³/mol. The fourth-order valence-electron chi connectivity index (χ4n) is 5.06. The van der Waals surface area contributed by atoms with Crippen LogP contribution in [-0.4, -0.2) is 66.8 Å². The van der Waals surface area contributed by atoms with Crippen LogP contribution in [0.2, 0.25) is 0 Å². The Morgan fingerprint density at radius 3 is 2.36 bits per heavy atom. The van der Waals surface area contributed by atoms with Gasteiger partial charge >= 0.3 is 0 Å². The zero-order valence-corrected chi connectivity index (χ0v) is 20.7. The van der Waals surface area contributed by atoms with Crippen molar-refractivity contribution in [3.63, 3.8) is 0 Å². The maximum Gasteiger partial charge on any atom is 0.282 e. The molecule has 190 valence electrons. The molecule has 2 aromatic heterocycles. The Morgan fingerprint density at radius 1 is 0.944 bits per heavy atom. The van der Waals surface area contributed by atoms with Gasteiger partial charge in [0, 0.05) is 13.1 Å². The van der Waals surface area contributed by atoms with Gasteiger partial charge in [0.05, 0.1) is 48.3 Å². The van der Waals surface area contributed by atoms with Gasteiger partial charge in [-0.15, -0.1) is 5.10 Å². The average Bonchev–Trinajstić information content (AvgIpc) is 3.37. The summed E-state index contributed by atoms with van der Waals surface area (Å²) in [5.41, 5.74) is 3.70. The molecule has 12 heteroatoms. The van der Waals surface area contributed by atoms with E-state index in [1.807, 2.05) is 12.1 Å². The minimum absolute atomic E-state index is 0.343. The summed E-state index contributed by atoms with van der Waals surface area (Å²) in [5, 5.41) is 8.61. The zero-order chi connectivity index (χ0) is 25.1. The smallest absolute Gasteiger partial charge is 0.282 e. The van der Waals surface area contributed by atoms with Gasteiger partial charge in [-0.05, 0) is 61.4 Å². The summed E-state index contributed by atoms with van der Waals surface area (Å²) in [4.78, 5) is 8.32. The molecule has 2 saturated heterocycles. The maximum absolute atomic E-state index is 13.3. The van der Waals surface area contributed by atoms with Crippen LogP contribution in [0.3, 0.4) is 0 Å². The third-order valence-electron chi connectivity index (χ3n) is 7.31. The molecule has 3 aromatic rings. The molecule has 3 fully saturated rings. The summed E-state index contributed by atoms with van der Waals surface area (Å²) in [7, 11) is -3.42. The van der Waals surface area contributed by atoms with Gasteiger partial charge in [-0.3, -0.25) is 4.72 Å². The van der Waals surface area contributed by atoms with Crippen LogP contribution in [-0.2, 0) is 10.0 Å². The van der Waals surface area contributed by atoms with Crippen molar-refractivity contribution < 1.29 is 17.2 Å². The lowest BCUT2D eigenvalue weighted by atomic mass is 9.93. The molecule has 36 heavy (non-hydrogen) atoms. The molecule has 3 aliphatic rings. The van der Waals surface area contributed by atoms with E-state index in [2.05, 4.69) is 24.9 Å². The highest BCUT2D eigenvalue weighted by Crippen LogP contribution is 2.54. The lowest BCUT2D eigenvalue weighted by molar-refractivity contribution is -0.0266. The van der Waals surface area contributed by atoms with Crippen LogP contribution in [0.25, 0.3) is 17.1 Å². The van der Waals surface area contributed by atoms with Gasteiger partial charge in [0.25, 0.3) is 5.92 Å². The Bertz CT molecular complexity index is 1400. The van der Waals surface area contributed by atoms with Crippen LogP contribution in [0.5, 0.6) is 0 Å². The second kappa shape index (κ2) is 8.12.